The molecule has 1 aromatic rings. The Morgan fingerprint density at radius 1 is 0.783 bits per heavy atom. The molecule has 128 valence electrons. The van der Waals surface area contributed by atoms with Crippen molar-refractivity contribution in [1.82, 2.24) is 0 Å². The molecule has 0 N–H and O–H groups in total. The third-order valence-corrected chi connectivity index (χ3v) is 6.58. The number of hydrogen-bond acceptors (Lipinski definition) is 1. The molecule has 0 bridgehead atoms. The molecular formula is C20H28F2S. The Morgan fingerprint density at radius 3 is 1.91 bits per heavy atom. The number of halogens is 2. The van der Waals surface area contributed by atoms with Crippen molar-refractivity contribution in [3.8, 4) is 0 Å². The van der Waals surface area contributed by atoms with Gasteiger partial charge in [-0.25, -0.2) is 8.78 Å². The maximum atomic E-state index is 13.4. The fourth-order valence-corrected chi connectivity index (χ4v) is 4.75. The van der Waals surface area contributed by atoms with Crippen molar-refractivity contribution >= 4 is 12.6 Å². The fourth-order valence-electron chi connectivity index (χ4n) is 4.46. The molecule has 0 nitrogen and oxygen atoms in total. The number of benzene rings is 1. The SMILES string of the molecule is Fc1ccc(C2CCC(CCC3CCC(S)CC3)CC2)cc1F. The Balaban J connectivity index is 1.42. The third-order valence-electron chi connectivity index (χ3n) is 6.06. The van der Waals surface area contributed by atoms with Gasteiger partial charge in [0.1, 0.15) is 0 Å². The minimum absolute atomic E-state index is 0.418. The van der Waals surface area contributed by atoms with Gasteiger partial charge in [0.15, 0.2) is 11.6 Å². The van der Waals surface area contributed by atoms with Crippen LogP contribution in [-0.2, 0) is 0 Å². The summed E-state index contributed by atoms with van der Waals surface area (Å²) in [6.07, 6.45) is 12.8. The van der Waals surface area contributed by atoms with Gasteiger partial charge in [0.05, 0.1) is 0 Å². The van der Waals surface area contributed by atoms with Gasteiger partial charge in [-0.2, -0.15) is 12.6 Å². The Kier molecular flexibility index (Phi) is 6.01. The zero-order valence-corrected chi connectivity index (χ0v) is 14.7. The van der Waals surface area contributed by atoms with Gasteiger partial charge in [-0.3, -0.25) is 0 Å². The van der Waals surface area contributed by atoms with Crippen molar-refractivity contribution in [2.24, 2.45) is 11.8 Å². The minimum Gasteiger partial charge on any atom is -0.204 e. The standard InChI is InChI=1S/C20H28F2S/c21-19-12-9-17(13-20(19)22)16-7-3-14(4-8-16)1-2-15-5-10-18(23)11-6-15/h9,12-16,18,23H,1-8,10-11H2. The molecule has 0 aromatic heterocycles. The molecule has 0 unspecified atom stereocenters. The lowest BCUT2D eigenvalue weighted by Crippen LogP contribution is -2.17. The monoisotopic (exact) mass is 338 g/mol. The minimum atomic E-state index is -0.738. The van der Waals surface area contributed by atoms with Crippen LogP contribution in [0.3, 0.4) is 0 Å². The van der Waals surface area contributed by atoms with Crippen LogP contribution in [0.5, 0.6) is 0 Å². The van der Waals surface area contributed by atoms with Crippen molar-refractivity contribution in [3.05, 3.63) is 35.4 Å². The molecule has 2 saturated carbocycles. The lowest BCUT2D eigenvalue weighted by Gasteiger charge is -2.31. The van der Waals surface area contributed by atoms with Gasteiger partial charge in [-0.15, -0.1) is 0 Å². The highest BCUT2D eigenvalue weighted by molar-refractivity contribution is 7.80. The highest BCUT2D eigenvalue weighted by atomic mass is 32.1. The smallest absolute Gasteiger partial charge is 0.159 e. The Labute approximate surface area is 144 Å². The number of hydrogen-bond donors (Lipinski definition) is 1. The quantitative estimate of drug-likeness (QED) is 0.595. The molecular weight excluding hydrogens is 310 g/mol. The molecule has 0 amide bonds. The Hall–Kier alpha value is -0.570. The van der Waals surface area contributed by atoms with Gasteiger partial charge in [-0.1, -0.05) is 18.9 Å². The van der Waals surface area contributed by atoms with Crippen LogP contribution in [-0.4, -0.2) is 5.25 Å². The van der Waals surface area contributed by atoms with E-state index in [0.717, 1.165) is 30.2 Å². The van der Waals surface area contributed by atoms with Crippen LogP contribution in [0.1, 0.15) is 75.7 Å². The zero-order valence-electron chi connectivity index (χ0n) is 13.8. The van der Waals surface area contributed by atoms with E-state index >= 15 is 0 Å². The second kappa shape index (κ2) is 8.00. The molecule has 2 aliphatic carbocycles. The summed E-state index contributed by atoms with van der Waals surface area (Å²) in [5.74, 6) is 0.733. The fraction of sp³-hybridized carbons (Fsp3) is 0.700. The van der Waals surface area contributed by atoms with Gasteiger partial charge in [-0.05, 0) is 86.8 Å². The van der Waals surface area contributed by atoms with Crippen LogP contribution < -0.4 is 0 Å². The predicted molar refractivity (Wildman–Crippen MR) is 95.0 cm³/mol. The molecule has 3 rings (SSSR count). The summed E-state index contributed by atoms with van der Waals surface area (Å²) in [6.45, 7) is 0. The van der Waals surface area contributed by atoms with Gasteiger partial charge in [0.2, 0.25) is 0 Å². The van der Waals surface area contributed by atoms with Crippen molar-refractivity contribution in [3.63, 3.8) is 0 Å². The highest BCUT2D eigenvalue weighted by Crippen LogP contribution is 2.39. The van der Waals surface area contributed by atoms with E-state index in [1.54, 1.807) is 6.07 Å². The first-order chi connectivity index (χ1) is 11.1. The molecule has 0 spiro atoms. The van der Waals surface area contributed by atoms with E-state index in [4.69, 9.17) is 0 Å². The van der Waals surface area contributed by atoms with Crippen LogP contribution in [0, 0.1) is 23.5 Å². The Bertz CT molecular complexity index is 500. The molecule has 0 saturated heterocycles. The summed E-state index contributed by atoms with van der Waals surface area (Å²) in [4.78, 5) is 0. The zero-order chi connectivity index (χ0) is 16.2. The summed E-state index contributed by atoms with van der Waals surface area (Å²) in [6, 6.07) is 4.43. The summed E-state index contributed by atoms with van der Waals surface area (Å²) in [5.41, 5.74) is 0.981. The van der Waals surface area contributed by atoms with Crippen LogP contribution in [0.15, 0.2) is 18.2 Å². The second-order valence-electron chi connectivity index (χ2n) is 7.64. The molecule has 2 fully saturated rings. The molecule has 23 heavy (non-hydrogen) atoms. The van der Waals surface area contributed by atoms with Gasteiger partial charge >= 0.3 is 0 Å². The molecule has 0 radical (unpaired) electrons. The van der Waals surface area contributed by atoms with Crippen LogP contribution >= 0.6 is 12.6 Å². The lowest BCUT2D eigenvalue weighted by molar-refractivity contribution is 0.263. The molecule has 2 aliphatic rings. The molecule has 3 heteroatoms. The van der Waals surface area contributed by atoms with Crippen molar-refractivity contribution in [1.29, 1.82) is 0 Å². The van der Waals surface area contributed by atoms with Crippen LogP contribution in [0.4, 0.5) is 8.78 Å². The van der Waals surface area contributed by atoms with Gasteiger partial charge in [0, 0.05) is 5.25 Å². The van der Waals surface area contributed by atoms with Crippen molar-refractivity contribution in [2.75, 3.05) is 0 Å². The average molecular weight is 339 g/mol. The lowest BCUT2D eigenvalue weighted by atomic mass is 9.75. The predicted octanol–water partition coefficient (Wildman–Crippen LogP) is 6.51. The first kappa shape index (κ1) is 17.3. The summed E-state index contributed by atoms with van der Waals surface area (Å²) in [7, 11) is 0. The maximum Gasteiger partial charge on any atom is 0.159 e. The van der Waals surface area contributed by atoms with E-state index in [-0.39, 0.29) is 0 Å². The first-order valence-electron chi connectivity index (χ1n) is 9.25. The molecule has 0 aliphatic heterocycles. The molecule has 0 atom stereocenters. The van der Waals surface area contributed by atoms with E-state index in [0.29, 0.717) is 11.2 Å². The summed E-state index contributed by atoms with van der Waals surface area (Å²) >= 11 is 4.58. The van der Waals surface area contributed by atoms with E-state index < -0.39 is 11.6 Å². The number of rotatable bonds is 4. The largest absolute Gasteiger partial charge is 0.204 e. The van der Waals surface area contributed by atoms with Gasteiger partial charge in [0.25, 0.3) is 0 Å². The van der Waals surface area contributed by atoms with Crippen molar-refractivity contribution < 1.29 is 8.78 Å². The Morgan fingerprint density at radius 2 is 1.35 bits per heavy atom. The van der Waals surface area contributed by atoms with Crippen LogP contribution in [0.25, 0.3) is 0 Å². The normalized spacial score (nSPS) is 32.0. The maximum absolute atomic E-state index is 13.4. The first-order valence-corrected chi connectivity index (χ1v) is 9.76. The molecule has 0 heterocycles. The summed E-state index contributed by atoms with van der Waals surface area (Å²) < 4.78 is 26.4. The second-order valence-corrected chi connectivity index (χ2v) is 8.37. The highest BCUT2D eigenvalue weighted by Gasteiger charge is 2.25. The third kappa shape index (κ3) is 4.71. The van der Waals surface area contributed by atoms with E-state index in [1.165, 1.54) is 63.5 Å². The summed E-state index contributed by atoms with van der Waals surface area (Å²) in [5, 5.41) is 0.637. The van der Waals surface area contributed by atoms with Crippen molar-refractivity contribution in [2.45, 2.75) is 75.4 Å². The van der Waals surface area contributed by atoms with Gasteiger partial charge < -0.3 is 0 Å². The van der Waals surface area contributed by atoms with E-state index in [1.807, 2.05) is 0 Å². The molecule has 1 aromatic carbocycles. The van der Waals surface area contributed by atoms with E-state index in [9.17, 15) is 8.78 Å². The van der Waals surface area contributed by atoms with Crippen LogP contribution in [0.2, 0.25) is 0 Å². The van der Waals surface area contributed by atoms with E-state index in [2.05, 4.69) is 12.6 Å². The average Bonchev–Trinajstić information content (AvgIpc) is 2.57. The number of thiol groups is 1. The topological polar surface area (TPSA) is 0 Å².